The fraction of sp³-hybridized carbons (Fsp3) is 0.294. The summed E-state index contributed by atoms with van der Waals surface area (Å²) in [5.74, 6) is 0.950. The predicted molar refractivity (Wildman–Crippen MR) is 93.5 cm³/mol. The van der Waals surface area contributed by atoms with Crippen LogP contribution in [-0.2, 0) is 6.54 Å². The SMILES string of the molecule is CCCOc1cccc(CNc2ccc(I)cc2C)c1. The first-order valence-corrected chi connectivity index (χ1v) is 7.98. The van der Waals surface area contributed by atoms with Gasteiger partial charge in [0.2, 0.25) is 0 Å². The monoisotopic (exact) mass is 381 g/mol. The number of nitrogens with one attached hydrogen (secondary N) is 1. The highest BCUT2D eigenvalue weighted by Gasteiger charge is 2.00. The topological polar surface area (TPSA) is 21.3 Å². The average Bonchev–Trinajstić information content (AvgIpc) is 2.45. The Hall–Kier alpha value is -1.23. The zero-order valence-electron chi connectivity index (χ0n) is 11.9. The molecule has 106 valence electrons. The standard InChI is InChI=1S/C17H20INO/c1-3-9-20-16-6-4-5-14(11-16)12-19-17-8-7-15(18)10-13(17)2/h4-8,10-11,19H,3,9,12H2,1-2H3. The van der Waals surface area contributed by atoms with Crippen LogP contribution in [-0.4, -0.2) is 6.61 Å². The van der Waals surface area contributed by atoms with E-state index in [0.717, 1.165) is 25.3 Å². The molecule has 0 unspecified atom stereocenters. The van der Waals surface area contributed by atoms with E-state index in [1.54, 1.807) is 0 Å². The zero-order chi connectivity index (χ0) is 14.4. The number of ether oxygens (including phenoxy) is 1. The highest BCUT2D eigenvalue weighted by Crippen LogP contribution is 2.19. The Bertz CT molecular complexity index is 569. The Kier molecular flexibility index (Phi) is 5.71. The molecule has 2 aromatic carbocycles. The highest BCUT2D eigenvalue weighted by atomic mass is 127. The molecule has 0 aromatic heterocycles. The third-order valence-electron chi connectivity index (χ3n) is 3.04. The van der Waals surface area contributed by atoms with Crippen LogP contribution in [0.15, 0.2) is 42.5 Å². The van der Waals surface area contributed by atoms with Crippen LogP contribution >= 0.6 is 22.6 Å². The van der Waals surface area contributed by atoms with Crippen LogP contribution in [0.4, 0.5) is 5.69 Å². The maximum atomic E-state index is 5.66. The minimum atomic E-state index is 0.771. The summed E-state index contributed by atoms with van der Waals surface area (Å²) in [7, 11) is 0. The van der Waals surface area contributed by atoms with Gasteiger partial charge in [0.1, 0.15) is 5.75 Å². The zero-order valence-corrected chi connectivity index (χ0v) is 14.1. The molecule has 0 bridgehead atoms. The summed E-state index contributed by atoms with van der Waals surface area (Å²) in [6.45, 7) is 5.83. The van der Waals surface area contributed by atoms with E-state index >= 15 is 0 Å². The van der Waals surface area contributed by atoms with E-state index in [-0.39, 0.29) is 0 Å². The van der Waals surface area contributed by atoms with Gasteiger partial charge >= 0.3 is 0 Å². The van der Waals surface area contributed by atoms with Crippen LogP contribution in [0.25, 0.3) is 0 Å². The van der Waals surface area contributed by atoms with Gasteiger partial charge in [0.15, 0.2) is 0 Å². The van der Waals surface area contributed by atoms with E-state index < -0.39 is 0 Å². The summed E-state index contributed by atoms with van der Waals surface area (Å²) >= 11 is 2.33. The number of aryl methyl sites for hydroxylation is 1. The van der Waals surface area contributed by atoms with Gasteiger partial charge in [-0.1, -0.05) is 19.1 Å². The van der Waals surface area contributed by atoms with Gasteiger partial charge in [-0.2, -0.15) is 0 Å². The second-order valence-corrected chi connectivity index (χ2v) is 6.05. The Labute approximate surface area is 134 Å². The molecule has 0 radical (unpaired) electrons. The van der Waals surface area contributed by atoms with Gasteiger partial charge in [0, 0.05) is 15.8 Å². The first-order valence-electron chi connectivity index (χ1n) is 6.91. The smallest absolute Gasteiger partial charge is 0.119 e. The third kappa shape index (κ3) is 4.40. The van der Waals surface area contributed by atoms with Crippen LogP contribution in [0.1, 0.15) is 24.5 Å². The minimum Gasteiger partial charge on any atom is -0.494 e. The summed E-state index contributed by atoms with van der Waals surface area (Å²) in [4.78, 5) is 0. The lowest BCUT2D eigenvalue weighted by atomic mass is 10.1. The maximum Gasteiger partial charge on any atom is 0.119 e. The molecule has 0 atom stereocenters. The Morgan fingerprint density at radius 3 is 2.75 bits per heavy atom. The molecule has 20 heavy (non-hydrogen) atoms. The summed E-state index contributed by atoms with van der Waals surface area (Å²) in [5.41, 5.74) is 3.69. The first kappa shape index (κ1) is 15.2. The van der Waals surface area contributed by atoms with Crippen molar-refractivity contribution in [3.63, 3.8) is 0 Å². The first-order chi connectivity index (χ1) is 9.69. The fourth-order valence-electron chi connectivity index (χ4n) is 1.99. The van der Waals surface area contributed by atoms with Crippen molar-refractivity contribution in [2.24, 2.45) is 0 Å². The van der Waals surface area contributed by atoms with Crippen LogP contribution in [0.3, 0.4) is 0 Å². The molecule has 0 saturated carbocycles. The van der Waals surface area contributed by atoms with E-state index in [2.05, 4.69) is 72.1 Å². The van der Waals surface area contributed by atoms with Gasteiger partial charge < -0.3 is 10.1 Å². The molecule has 0 saturated heterocycles. The normalized spacial score (nSPS) is 10.3. The Morgan fingerprint density at radius 2 is 2.00 bits per heavy atom. The number of rotatable bonds is 6. The number of anilines is 1. The van der Waals surface area contributed by atoms with Crippen molar-refractivity contribution < 1.29 is 4.74 Å². The second kappa shape index (κ2) is 7.53. The molecule has 0 fully saturated rings. The number of hydrogen-bond acceptors (Lipinski definition) is 2. The lowest BCUT2D eigenvalue weighted by Gasteiger charge is -2.11. The van der Waals surface area contributed by atoms with Crippen LogP contribution < -0.4 is 10.1 Å². The van der Waals surface area contributed by atoms with Crippen molar-refractivity contribution in [3.05, 3.63) is 57.2 Å². The molecular weight excluding hydrogens is 361 g/mol. The summed E-state index contributed by atoms with van der Waals surface area (Å²) in [5, 5.41) is 3.48. The van der Waals surface area contributed by atoms with Gasteiger partial charge in [-0.05, 0) is 77.4 Å². The van der Waals surface area contributed by atoms with Gasteiger partial charge in [0.25, 0.3) is 0 Å². The average molecular weight is 381 g/mol. The van der Waals surface area contributed by atoms with E-state index in [9.17, 15) is 0 Å². The molecule has 2 rings (SSSR count). The summed E-state index contributed by atoms with van der Waals surface area (Å²) in [6.07, 6.45) is 1.03. The minimum absolute atomic E-state index is 0.771. The molecule has 0 aliphatic rings. The lowest BCUT2D eigenvalue weighted by molar-refractivity contribution is 0.317. The molecule has 0 aliphatic carbocycles. The number of hydrogen-bond donors (Lipinski definition) is 1. The summed E-state index contributed by atoms with van der Waals surface area (Å²) in [6, 6.07) is 14.7. The molecule has 0 aliphatic heterocycles. The van der Waals surface area contributed by atoms with Crippen molar-refractivity contribution in [1.29, 1.82) is 0 Å². The molecule has 0 amide bonds. The van der Waals surface area contributed by atoms with E-state index in [1.165, 1.54) is 20.4 Å². The molecule has 3 heteroatoms. The van der Waals surface area contributed by atoms with Crippen molar-refractivity contribution in [2.45, 2.75) is 26.8 Å². The van der Waals surface area contributed by atoms with Crippen LogP contribution in [0, 0.1) is 10.5 Å². The Morgan fingerprint density at radius 1 is 1.15 bits per heavy atom. The van der Waals surface area contributed by atoms with Gasteiger partial charge in [-0.3, -0.25) is 0 Å². The lowest BCUT2D eigenvalue weighted by Crippen LogP contribution is -2.02. The second-order valence-electron chi connectivity index (χ2n) is 4.81. The van der Waals surface area contributed by atoms with Crippen molar-refractivity contribution in [2.75, 3.05) is 11.9 Å². The van der Waals surface area contributed by atoms with Gasteiger partial charge in [-0.15, -0.1) is 0 Å². The number of halogens is 1. The van der Waals surface area contributed by atoms with E-state index in [4.69, 9.17) is 4.74 Å². The molecule has 2 aromatic rings. The Balaban J connectivity index is 1.99. The highest BCUT2D eigenvalue weighted by molar-refractivity contribution is 14.1. The molecular formula is C17H20INO. The molecule has 0 spiro atoms. The molecule has 2 nitrogen and oxygen atoms in total. The fourth-order valence-corrected chi connectivity index (χ4v) is 2.63. The maximum absolute atomic E-state index is 5.66. The number of benzene rings is 2. The van der Waals surface area contributed by atoms with Crippen molar-refractivity contribution >= 4 is 28.3 Å². The van der Waals surface area contributed by atoms with E-state index in [1.807, 2.05) is 12.1 Å². The van der Waals surface area contributed by atoms with E-state index in [0.29, 0.717) is 0 Å². The molecule has 1 N–H and O–H groups in total. The van der Waals surface area contributed by atoms with Crippen LogP contribution in [0.2, 0.25) is 0 Å². The largest absolute Gasteiger partial charge is 0.494 e. The van der Waals surface area contributed by atoms with Crippen molar-refractivity contribution in [3.8, 4) is 5.75 Å². The van der Waals surface area contributed by atoms with Gasteiger partial charge in [-0.25, -0.2) is 0 Å². The third-order valence-corrected chi connectivity index (χ3v) is 3.71. The van der Waals surface area contributed by atoms with Gasteiger partial charge in [0.05, 0.1) is 6.61 Å². The van der Waals surface area contributed by atoms with Crippen LogP contribution in [0.5, 0.6) is 5.75 Å². The van der Waals surface area contributed by atoms with Crippen molar-refractivity contribution in [1.82, 2.24) is 0 Å². The molecule has 0 heterocycles. The quantitative estimate of drug-likeness (QED) is 0.711. The summed E-state index contributed by atoms with van der Waals surface area (Å²) < 4.78 is 6.92. The predicted octanol–water partition coefficient (Wildman–Crippen LogP) is 5.00.